The largest absolute Gasteiger partial charge is 0.351 e. The number of hydrogen-bond acceptors (Lipinski definition) is 4. The summed E-state index contributed by atoms with van der Waals surface area (Å²) in [7, 11) is 1.56. The minimum Gasteiger partial charge on any atom is -0.351 e. The number of aromatic nitrogens is 4. The van der Waals surface area contributed by atoms with E-state index in [-0.39, 0.29) is 17.0 Å². The summed E-state index contributed by atoms with van der Waals surface area (Å²) in [5.41, 5.74) is 2.55. The van der Waals surface area contributed by atoms with Gasteiger partial charge >= 0.3 is 5.69 Å². The van der Waals surface area contributed by atoms with Gasteiger partial charge in [-0.25, -0.2) is 9.18 Å². The highest BCUT2D eigenvalue weighted by Gasteiger charge is 2.17. The third kappa shape index (κ3) is 3.69. The van der Waals surface area contributed by atoms with Crippen molar-refractivity contribution in [2.24, 2.45) is 7.05 Å². The molecule has 2 heterocycles. The molecule has 0 saturated carbocycles. The zero-order valence-corrected chi connectivity index (χ0v) is 16.1. The summed E-state index contributed by atoms with van der Waals surface area (Å²) in [6.07, 6.45) is 0. The summed E-state index contributed by atoms with van der Waals surface area (Å²) >= 11 is 0. The summed E-state index contributed by atoms with van der Waals surface area (Å²) in [4.78, 5) is 31.3. The first-order chi connectivity index (χ1) is 13.9. The summed E-state index contributed by atoms with van der Waals surface area (Å²) in [5.74, 6) is 0.124. The smallest absolute Gasteiger partial charge is 0.329 e. The third-order valence-electron chi connectivity index (χ3n) is 4.83. The van der Waals surface area contributed by atoms with E-state index in [4.69, 9.17) is 0 Å². The minimum absolute atomic E-state index is 0.280. The van der Waals surface area contributed by atoms with E-state index in [1.165, 1.54) is 22.3 Å². The zero-order valence-electron chi connectivity index (χ0n) is 16.1. The van der Waals surface area contributed by atoms with Crippen LogP contribution in [0.25, 0.3) is 11.2 Å². The summed E-state index contributed by atoms with van der Waals surface area (Å²) in [5, 5.41) is 3.25. The number of halogens is 1. The Bertz CT molecular complexity index is 1280. The van der Waals surface area contributed by atoms with Crippen LogP contribution in [0.4, 0.5) is 10.3 Å². The van der Waals surface area contributed by atoms with E-state index < -0.39 is 11.2 Å². The second-order valence-corrected chi connectivity index (χ2v) is 6.98. The Kier molecular flexibility index (Phi) is 4.75. The maximum atomic E-state index is 13.3. The molecule has 0 radical (unpaired) electrons. The standard InChI is InChI=1S/C21H20FN5O2/c1-13-3-5-14(6-4-13)11-23-20-24-18-17(19(28)25-21(29)26(18)2)27(20)12-15-7-9-16(22)10-8-15/h3-10H,11-12H2,1-2H3,(H,23,24)(H,25,28,29). The van der Waals surface area contributed by atoms with Crippen LogP contribution in [0.3, 0.4) is 0 Å². The molecule has 0 aliphatic carbocycles. The average molecular weight is 393 g/mol. The van der Waals surface area contributed by atoms with Crippen molar-refractivity contribution in [1.29, 1.82) is 0 Å². The topological polar surface area (TPSA) is 84.7 Å². The average Bonchev–Trinajstić information content (AvgIpc) is 3.06. The van der Waals surface area contributed by atoms with Crippen LogP contribution in [0.15, 0.2) is 58.1 Å². The number of nitrogens with zero attached hydrogens (tertiary/aromatic N) is 3. The van der Waals surface area contributed by atoms with Crippen molar-refractivity contribution < 1.29 is 4.39 Å². The Morgan fingerprint density at radius 3 is 2.38 bits per heavy atom. The number of aromatic amines is 1. The van der Waals surface area contributed by atoms with Crippen molar-refractivity contribution in [2.75, 3.05) is 5.32 Å². The SMILES string of the molecule is Cc1ccc(CNc2nc3c(c(=O)[nH]c(=O)n3C)n2Cc2ccc(F)cc2)cc1. The first-order valence-electron chi connectivity index (χ1n) is 9.16. The minimum atomic E-state index is -0.529. The van der Waals surface area contributed by atoms with Gasteiger partial charge in [0.25, 0.3) is 5.56 Å². The van der Waals surface area contributed by atoms with E-state index in [0.29, 0.717) is 19.0 Å². The fourth-order valence-electron chi connectivity index (χ4n) is 3.18. The van der Waals surface area contributed by atoms with Gasteiger partial charge in [0.2, 0.25) is 5.95 Å². The van der Waals surface area contributed by atoms with Gasteiger partial charge in [0.1, 0.15) is 5.82 Å². The first kappa shape index (κ1) is 18.7. The van der Waals surface area contributed by atoms with Crippen LogP contribution in [0.5, 0.6) is 0 Å². The number of anilines is 1. The summed E-state index contributed by atoms with van der Waals surface area (Å²) in [6.45, 7) is 2.82. The van der Waals surface area contributed by atoms with Crippen molar-refractivity contribution in [2.45, 2.75) is 20.0 Å². The second kappa shape index (κ2) is 7.38. The Morgan fingerprint density at radius 1 is 1.03 bits per heavy atom. The molecule has 4 aromatic rings. The highest BCUT2D eigenvalue weighted by atomic mass is 19.1. The molecule has 2 N–H and O–H groups in total. The molecule has 8 heteroatoms. The van der Waals surface area contributed by atoms with Crippen molar-refractivity contribution in [1.82, 2.24) is 19.1 Å². The van der Waals surface area contributed by atoms with Crippen molar-refractivity contribution in [3.63, 3.8) is 0 Å². The third-order valence-corrected chi connectivity index (χ3v) is 4.83. The van der Waals surface area contributed by atoms with Crippen LogP contribution >= 0.6 is 0 Å². The molecule has 7 nitrogen and oxygen atoms in total. The van der Waals surface area contributed by atoms with Crippen LogP contribution in [0.2, 0.25) is 0 Å². The molecule has 148 valence electrons. The van der Waals surface area contributed by atoms with Gasteiger partial charge < -0.3 is 5.32 Å². The lowest BCUT2D eigenvalue weighted by molar-refractivity contribution is 0.626. The van der Waals surface area contributed by atoms with Gasteiger partial charge in [-0.05, 0) is 30.2 Å². The monoisotopic (exact) mass is 393 g/mol. The fourth-order valence-corrected chi connectivity index (χ4v) is 3.18. The van der Waals surface area contributed by atoms with Crippen molar-refractivity contribution in [3.8, 4) is 0 Å². The Balaban J connectivity index is 1.78. The molecule has 0 spiro atoms. The maximum Gasteiger partial charge on any atom is 0.329 e. The summed E-state index contributed by atoms with van der Waals surface area (Å²) in [6, 6.07) is 14.1. The fraction of sp³-hybridized carbons (Fsp3) is 0.190. The van der Waals surface area contributed by atoms with E-state index in [9.17, 15) is 14.0 Å². The van der Waals surface area contributed by atoms with E-state index in [1.807, 2.05) is 31.2 Å². The van der Waals surface area contributed by atoms with Gasteiger partial charge in [-0.15, -0.1) is 0 Å². The predicted octanol–water partition coefficient (Wildman–Crippen LogP) is 2.53. The molecule has 4 rings (SSSR count). The molecule has 0 unspecified atom stereocenters. The van der Waals surface area contributed by atoms with E-state index in [0.717, 1.165) is 11.1 Å². The second-order valence-electron chi connectivity index (χ2n) is 6.98. The molecular weight excluding hydrogens is 373 g/mol. The molecular formula is C21H20FN5O2. The number of hydrogen-bond donors (Lipinski definition) is 2. The number of H-pyrrole nitrogens is 1. The Hall–Kier alpha value is -3.68. The van der Waals surface area contributed by atoms with Crippen LogP contribution in [-0.4, -0.2) is 19.1 Å². The lowest BCUT2D eigenvalue weighted by atomic mass is 10.1. The lowest BCUT2D eigenvalue weighted by Crippen LogP contribution is -2.29. The molecule has 0 saturated heterocycles. The molecule has 0 aliphatic heterocycles. The Morgan fingerprint density at radius 2 is 1.69 bits per heavy atom. The van der Waals surface area contributed by atoms with Gasteiger partial charge in [-0.3, -0.25) is 18.9 Å². The number of benzene rings is 2. The van der Waals surface area contributed by atoms with Gasteiger partial charge in [0, 0.05) is 13.6 Å². The number of rotatable bonds is 5. The number of fused-ring (bicyclic) bond motifs is 1. The number of nitrogens with one attached hydrogen (secondary N) is 2. The van der Waals surface area contributed by atoms with E-state index in [1.54, 1.807) is 23.7 Å². The lowest BCUT2D eigenvalue weighted by Gasteiger charge is -2.11. The zero-order chi connectivity index (χ0) is 20.5. The highest BCUT2D eigenvalue weighted by Crippen LogP contribution is 2.19. The van der Waals surface area contributed by atoms with Crippen LogP contribution in [0, 0.1) is 12.7 Å². The first-order valence-corrected chi connectivity index (χ1v) is 9.16. The molecule has 2 aromatic heterocycles. The predicted molar refractivity (Wildman–Crippen MR) is 110 cm³/mol. The van der Waals surface area contributed by atoms with E-state index >= 15 is 0 Å². The number of aryl methyl sites for hydroxylation is 2. The molecule has 0 bridgehead atoms. The maximum absolute atomic E-state index is 13.3. The van der Waals surface area contributed by atoms with Crippen molar-refractivity contribution >= 4 is 17.1 Å². The van der Waals surface area contributed by atoms with Gasteiger partial charge in [-0.1, -0.05) is 42.0 Å². The highest BCUT2D eigenvalue weighted by molar-refractivity contribution is 5.74. The van der Waals surface area contributed by atoms with Crippen LogP contribution in [-0.2, 0) is 20.1 Å². The molecule has 2 aromatic carbocycles. The van der Waals surface area contributed by atoms with Gasteiger partial charge in [-0.2, -0.15) is 4.98 Å². The molecule has 0 aliphatic rings. The molecule has 0 atom stereocenters. The van der Waals surface area contributed by atoms with Gasteiger partial charge in [0.15, 0.2) is 11.2 Å². The van der Waals surface area contributed by atoms with Gasteiger partial charge in [0.05, 0.1) is 6.54 Å². The Labute approximate surface area is 165 Å². The molecule has 0 amide bonds. The number of imidazole rings is 1. The van der Waals surface area contributed by atoms with Crippen molar-refractivity contribution in [3.05, 3.63) is 91.9 Å². The summed E-state index contributed by atoms with van der Waals surface area (Å²) < 4.78 is 16.3. The quantitative estimate of drug-likeness (QED) is 0.546. The molecule has 29 heavy (non-hydrogen) atoms. The van der Waals surface area contributed by atoms with Crippen LogP contribution in [0.1, 0.15) is 16.7 Å². The normalized spacial score (nSPS) is 11.1. The van der Waals surface area contributed by atoms with Crippen LogP contribution < -0.4 is 16.6 Å². The molecule has 0 fully saturated rings. The van der Waals surface area contributed by atoms with E-state index in [2.05, 4.69) is 15.3 Å².